The van der Waals surface area contributed by atoms with Gasteiger partial charge in [-0.15, -0.1) is 21.6 Å². The van der Waals surface area contributed by atoms with E-state index in [2.05, 4.69) is 44.5 Å². The van der Waals surface area contributed by atoms with E-state index in [1.54, 1.807) is 12.1 Å². The van der Waals surface area contributed by atoms with E-state index in [1.807, 2.05) is 24.3 Å². The van der Waals surface area contributed by atoms with Crippen molar-refractivity contribution in [2.45, 2.75) is 71.3 Å². The molecule has 0 aliphatic rings. The predicted molar refractivity (Wildman–Crippen MR) is 132 cm³/mol. The summed E-state index contributed by atoms with van der Waals surface area (Å²) in [5, 5.41) is 31.6. The summed E-state index contributed by atoms with van der Waals surface area (Å²) in [7, 11) is 0. The van der Waals surface area contributed by atoms with Crippen molar-refractivity contribution < 1.29 is 10.2 Å². The van der Waals surface area contributed by atoms with Gasteiger partial charge in [0, 0.05) is 10.6 Å². The molecule has 172 valence electrons. The van der Waals surface area contributed by atoms with Gasteiger partial charge in [0.05, 0.1) is 6.10 Å². The molecule has 0 aliphatic carbocycles. The van der Waals surface area contributed by atoms with Crippen LogP contribution in [-0.4, -0.2) is 31.3 Å². The molecule has 6 heteroatoms. The number of fused-ring (bicyclic) bond motifs is 1. The van der Waals surface area contributed by atoms with Gasteiger partial charge in [0.1, 0.15) is 22.5 Å². The van der Waals surface area contributed by atoms with E-state index in [0.717, 1.165) is 30.4 Å². The number of benzene rings is 2. The van der Waals surface area contributed by atoms with Crippen molar-refractivity contribution in [2.75, 3.05) is 0 Å². The summed E-state index contributed by atoms with van der Waals surface area (Å²) in [5.74, 6) is 0.391. The molecule has 0 fully saturated rings. The second-order valence-corrected chi connectivity index (χ2v) is 10.00. The lowest BCUT2D eigenvalue weighted by atomic mass is 9.83. The molecule has 0 aliphatic heterocycles. The van der Waals surface area contributed by atoms with Crippen molar-refractivity contribution in [1.82, 2.24) is 15.0 Å². The minimum Gasteiger partial charge on any atom is -0.505 e. The molecule has 5 nitrogen and oxygen atoms in total. The van der Waals surface area contributed by atoms with Crippen LogP contribution in [-0.2, 0) is 11.8 Å². The molecule has 0 bridgehead atoms. The van der Waals surface area contributed by atoms with Crippen molar-refractivity contribution in [1.29, 1.82) is 0 Å². The zero-order chi connectivity index (χ0) is 23.5. The van der Waals surface area contributed by atoms with Crippen LogP contribution in [0.5, 0.6) is 5.75 Å². The second kappa shape index (κ2) is 10.1. The summed E-state index contributed by atoms with van der Waals surface area (Å²) in [6.07, 6.45) is 5.67. The van der Waals surface area contributed by atoms with Crippen molar-refractivity contribution >= 4 is 22.6 Å². The molecule has 2 N–H and O–H groups in total. The van der Waals surface area contributed by atoms with Crippen molar-refractivity contribution in [3.8, 4) is 11.4 Å². The maximum atomic E-state index is 11.1. The van der Waals surface area contributed by atoms with Crippen molar-refractivity contribution in [3.05, 3.63) is 59.1 Å². The molecular weight excluding hydrogens is 422 g/mol. The fourth-order valence-corrected chi connectivity index (χ4v) is 4.31. The predicted octanol–water partition coefficient (Wildman–Crippen LogP) is 6.36. The first-order valence-electron chi connectivity index (χ1n) is 11.3. The Labute approximate surface area is 195 Å². The molecule has 3 aromatic rings. The van der Waals surface area contributed by atoms with Gasteiger partial charge in [-0.05, 0) is 66.8 Å². The molecule has 0 amide bonds. The largest absolute Gasteiger partial charge is 0.505 e. The number of aryl methyl sites for hydroxylation is 1. The first kappa shape index (κ1) is 24.3. The number of halogens is 1. The van der Waals surface area contributed by atoms with Crippen LogP contribution in [0.3, 0.4) is 0 Å². The molecule has 2 unspecified atom stereocenters. The number of hydrogen-bond acceptors (Lipinski definition) is 4. The van der Waals surface area contributed by atoms with Crippen LogP contribution < -0.4 is 0 Å². The first-order chi connectivity index (χ1) is 15.1. The smallest absolute Gasteiger partial charge is 0.146 e. The monoisotopic (exact) mass is 455 g/mol. The van der Waals surface area contributed by atoms with Crippen LogP contribution in [0.4, 0.5) is 0 Å². The molecule has 2 atom stereocenters. The van der Waals surface area contributed by atoms with Gasteiger partial charge in [-0.3, -0.25) is 0 Å². The van der Waals surface area contributed by atoms with E-state index >= 15 is 0 Å². The van der Waals surface area contributed by atoms with Gasteiger partial charge < -0.3 is 10.2 Å². The summed E-state index contributed by atoms with van der Waals surface area (Å²) < 4.78 is 0. The van der Waals surface area contributed by atoms with Crippen molar-refractivity contribution in [3.63, 3.8) is 0 Å². The Bertz CT molecular complexity index is 1080. The molecule has 1 heterocycles. The lowest BCUT2D eigenvalue weighted by molar-refractivity contribution is 0.0949. The van der Waals surface area contributed by atoms with Crippen LogP contribution in [0.1, 0.15) is 64.5 Å². The highest BCUT2D eigenvalue weighted by Crippen LogP contribution is 2.37. The zero-order valence-corrected chi connectivity index (χ0v) is 20.2. The van der Waals surface area contributed by atoms with Crippen LogP contribution in [0.25, 0.3) is 16.7 Å². The molecule has 32 heavy (non-hydrogen) atoms. The zero-order valence-electron chi connectivity index (χ0n) is 19.5. The Kier molecular flexibility index (Phi) is 7.63. The Morgan fingerprint density at radius 2 is 1.84 bits per heavy atom. The molecule has 0 saturated carbocycles. The number of aromatic hydroxyl groups is 1. The fourth-order valence-electron chi connectivity index (χ4n) is 4.14. The molecule has 2 aromatic carbocycles. The van der Waals surface area contributed by atoms with E-state index in [9.17, 15) is 10.2 Å². The van der Waals surface area contributed by atoms with E-state index in [1.165, 1.54) is 4.80 Å². The Balaban J connectivity index is 1.97. The van der Waals surface area contributed by atoms with Gasteiger partial charge >= 0.3 is 0 Å². The average Bonchev–Trinajstić information content (AvgIpc) is 3.14. The summed E-state index contributed by atoms with van der Waals surface area (Å²) in [6, 6.07) is 9.30. The van der Waals surface area contributed by atoms with Gasteiger partial charge in [0.2, 0.25) is 0 Å². The van der Waals surface area contributed by atoms with Crippen LogP contribution in [0.2, 0.25) is 5.02 Å². The molecule has 0 spiro atoms. The maximum Gasteiger partial charge on any atom is 0.146 e. The lowest BCUT2D eigenvalue weighted by Crippen LogP contribution is -2.21. The summed E-state index contributed by atoms with van der Waals surface area (Å²) in [5.41, 5.74) is 3.51. The number of phenols is 1. The van der Waals surface area contributed by atoms with Crippen LogP contribution >= 0.6 is 11.6 Å². The van der Waals surface area contributed by atoms with Gasteiger partial charge in [0.25, 0.3) is 0 Å². The SMILES string of the molecule is C=CCC(CCC)C(O)CCc1cc(-n2nc3ccc(Cl)cc3n2)c(O)c(C(C)(C)C)c1. The normalized spacial score (nSPS) is 13.9. The maximum absolute atomic E-state index is 11.1. The highest BCUT2D eigenvalue weighted by molar-refractivity contribution is 6.31. The highest BCUT2D eigenvalue weighted by atomic mass is 35.5. The third kappa shape index (κ3) is 5.51. The molecule has 3 rings (SSSR count). The molecule has 0 saturated heterocycles. The fraction of sp³-hybridized carbons (Fsp3) is 0.462. The number of aliphatic hydroxyl groups is 1. The standard InChI is InChI=1S/C26H34ClN3O2/c1-6-8-18(9-7-2)24(31)13-10-17-14-20(26(3,4)5)25(32)23(15-17)30-28-21-12-11-19(27)16-22(21)29-30/h6,11-12,14-16,18,24,31-32H,1,7-10,13H2,2-5H3. The number of phenolic OH excluding ortho intramolecular Hbond substituents is 1. The van der Waals surface area contributed by atoms with Gasteiger partial charge in [-0.2, -0.15) is 0 Å². The number of hydrogen-bond donors (Lipinski definition) is 2. The Morgan fingerprint density at radius 1 is 1.12 bits per heavy atom. The Hall–Kier alpha value is -2.37. The lowest BCUT2D eigenvalue weighted by Gasteiger charge is -2.24. The molecule has 0 radical (unpaired) electrons. The average molecular weight is 456 g/mol. The third-order valence-electron chi connectivity index (χ3n) is 5.92. The van der Waals surface area contributed by atoms with Crippen LogP contribution in [0, 0.1) is 5.92 Å². The highest BCUT2D eigenvalue weighted by Gasteiger charge is 2.24. The summed E-state index contributed by atoms with van der Waals surface area (Å²) >= 11 is 6.10. The van der Waals surface area contributed by atoms with Gasteiger partial charge in [-0.1, -0.05) is 57.9 Å². The molecular formula is C26H34ClN3O2. The van der Waals surface area contributed by atoms with E-state index in [-0.39, 0.29) is 17.1 Å². The number of aromatic nitrogens is 3. The minimum absolute atomic E-state index is 0.170. The van der Waals surface area contributed by atoms with E-state index < -0.39 is 6.10 Å². The summed E-state index contributed by atoms with van der Waals surface area (Å²) in [6.45, 7) is 12.2. The second-order valence-electron chi connectivity index (χ2n) is 9.56. The minimum atomic E-state index is -0.393. The van der Waals surface area contributed by atoms with Gasteiger partial charge in [-0.25, -0.2) is 0 Å². The number of allylic oxidation sites excluding steroid dienone is 1. The van der Waals surface area contributed by atoms with Gasteiger partial charge in [0.15, 0.2) is 0 Å². The van der Waals surface area contributed by atoms with E-state index in [4.69, 9.17) is 11.6 Å². The topological polar surface area (TPSA) is 71.2 Å². The quantitative estimate of drug-likeness (QED) is 0.368. The first-order valence-corrected chi connectivity index (χ1v) is 11.7. The third-order valence-corrected chi connectivity index (χ3v) is 6.15. The number of nitrogens with zero attached hydrogens (tertiary/aromatic N) is 3. The number of aliphatic hydroxyl groups excluding tert-OH is 1. The van der Waals surface area contributed by atoms with Crippen molar-refractivity contribution in [2.24, 2.45) is 5.92 Å². The summed E-state index contributed by atoms with van der Waals surface area (Å²) in [4.78, 5) is 1.48. The Morgan fingerprint density at radius 3 is 2.50 bits per heavy atom. The molecule has 1 aromatic heterocycles. The van der Waals surface area contributed by atoms with Crippen LogP contribution in [0.15, 0.2) is 43.0 Å². The van der Waals surface area contributed by atoms with E-state index in [0.29, 0.717) is 34.6 Å². The number of rotatable bonds is 9.